The van der Waals surface area contributed by atoms with Crippen LogP contribution < -0.4 is 5.32 Å². The van der Waals surface area contributed by atoms with Crippen molar-refractivity contribution >= 4 is 0 Å². The van der Waals surface area contributed by atoms with E-state index in [2.05, 4.69) is 19.9 Å². The van der Waals surface area contributed by atoms with Crippen LogP contribution in [0.4, 0.5) is 13.2 Å². The summed E-state index contributed by atoms with van der Waals surface area (Å²) in [6, 6.07) is 0. The van der Waals surface area contributed by atoms with E-state index in [1.807, 2.05) is 6.92 Å². The lowest BCUT2D eigenvalue weighted by molar-refractivity contribution is -0.157. The van der Waals surface area contributed by atoms with Crippen molar-refractivity contribution in [3.8, 4) is 0 Å². The summed E-state index contributed by atoms with van der Waals surface area (Å²) in [6.07, 6.45) is -4.56. The molecule has 0 saturated carbocycles. The molecule has 74 valence electrons. The molecular weight excluding hydrogens is 187 g/mol. The van der Waals surface area contributed by atoms with Gasteiger partial charge in [-0.15, -0.1) is 10.2 Å². The summed E-state index contributed by atoms with van der Waals surface area (Å²) in [5.74, 6) is -1.37. The molecular formula is C6H8F3N3O. The van der Waals surface area contributed by atoms with E-state index < -0.39 is 12.1 Å². The first kappa shape index (κ1) is 9.97. The zero-order chi connectivity index (χ0) is 9.90. The number of nitrogens with one attached hydrogen (secondary N) is 1. The van der Waals surface area contributed by atoms with Crippen molar-refractivity contribution in [3.63, 3.8) is 0 Å². The molecule has 4 nitrogen and oxygen atoms in total. The summed E-state index contributed by atoms with van der Waals surface area (Å²) in [5.41, 5.74) is 0. The average Bonchev–Trinajstić information content (AvgIpc) is 2.47. The fourth-order valence-electron chi connectivity index (χ4n) is 0.672. The largest absolute Gasteiger partial charge is 0.470 e. The standard InChI is InChI=1S/C6H8F3N3O/c1-2-10-3-4-11-12-5(13-4)6(7,8)9/h10H,2-3H2,1H3. The van der Waals surface area contributed by atoms with Crippen molar-refractivity contribution in [1.29, 1.82) is 0 Å². The van der Waals surface area contributed by atoms with Gasteiger partial charge in [0.15, 0.2) is 0 Å². The molecule has 0 aliphatic rings. The van der Waals surface area contributed by atoms with Crippen LogP contribution in [0, 0.1) is 0 Å². The van der Waals surface area contributed by atoms with Crippen LogP contribution >= 0.6 is 0 Å². The van der Waals surface area contributed by atoms with Crippen LogP contribution in [0.2, 0.25) is 0 Å². The minimum atomic E-state index is -4.56. The van der Waals surface area contributed by atoms with E-state index in [-0.39, 0.29) is 12.4 Å². The fraction of sp³-hybridized carbons (Fsp3) is 0.667. The quantitative estimate of drug-likeness (QED) is 0.787. The summed E-state index contributed by atoms with van der Waals surface area (Å²) in [6.45, 7) is 2.60. The second-order valence-electron chi connectivity index (χ2n) is 2.28. The summed E-state index contributed by atoms with van der Waals surface area (Å²) in [7, 11) is 0. The summed E-state index contributed by atoms with van der Waals surface area (Å²) in [4.78, 5) is 0. The van der Waals surface area contributed by atoms with E-state index in [0.29, 0.717) is 6.54 Å². The molecule has 0 unspecified atom stereocenters. The van der Waals surface area contributed by atoms with Gasteiger partial charge in [-0.1, -0.05) is 6.92 Å². The van der Waals surface area contributed by atoms with E-state index >= 15 is 0 Å². The third-order valence-electron chi connectivity index (χ3n) is 1.24. The zero-order valence-corrected chi connectivity index (χ0v) is 6.85. The predicted octanol–water partition coefficient (Wildman–Crippen LogP) is 1.20. The van der Waals surface area contributed by atoms with Crippen LogP contribution in [-0.4, -0.2) is 16.7 Å². The molecule has 0 amide bonds. The molecule has 1 rings (SSSR count). The second kappa shape index (κ2) is 3.73. The monoisotopic (exact) mass is 195 g/mol. The van der Waals surface area contributed by atoms with Crippen LogP contribution in [-0.2, 0) is 12.7 Å². The molecule has 0 aromatic carbocycles. The van der Waals surface area contributed by atoms with Gasteiger partial charge in [-0.2, -0.15) is 13.2 Å². The summed E-state index contributed by atoms with van der Waals surface area (Å²) >= 11 is 0. The Morgan fingerprint density at radius 3 is 2.54 bits per heavy atom. The molecule has 0 fully saturated rings. The molecule has 13 heavy (non-hydrogen) atoms. The maximum Gasteiger partial charge on any atom is 0.470 e. The molecule has 0 atom stereocenters. The Kier molecular flexibility index (Phi) is 2.86. The van der Waals surface area contributed by atoms with E-state index in [1.165, 1.54) is 0 Å². The Hall–Kier alpha value is -1.11. The van der Waals surface area contributed by atoms with Gasteiger partial charge in [-0.25, -0.2) is 0 Å². The number of halogens is 3. The molecule has 1 N–H and O–H groups in total. The summed E-state index contributed by atoms with van der Waals surface area (Å²) in [5, 5.41) is 8.85. The highest BCUT2D eigenvalue weighted by Gasteiger charge is 2.37. The van der Waals surface area contributed by atoms with Gasteiger partial charge in [0.1, 0.15) is 0 Å². The van der Waals surface area contributed by atoms with Crippen LogP contribution in [0.25, 0.3) is 0 Å². The zero-order valence-electron chi connectivity index (χ0n) is 6.85. The SMILES string of the molecule is CCNCc1nnc(C(F)(F)F)o1. The van der Waals surface area contributed by atoms with Crippen molar-refractivity contribution in [3.05, 3.63) is 11.8 Å². The Balaban J connectivity index is 2.64. The second-order valence-corrected chi connectivity index (χ2v) is 2.28. The van der Waals surface area contributed by atoms with Crippen molar-refractivity contribution < 1.29 is 17.6 Å². The maximum absolute atomic E-state index is 11.9. The first-order valence-corrected chi connectivity index (χ1v) is 3.64. The normalized spacial score (nSPS) is 12.0. The number of aromatic nitrogens is 2. The van der Waals surface area contributed by atoms with Crippen molar-refractivity contribution in [2.24, 2.45) is 0 Å². The van der Waals surface area contributed by atoms with E-state index in [1.54, 1.807) is 0 Å². The molecule has 0 saturated heterocycles. The third kappa shape index (κ3) is 2.69. The Bertz CT molecular complexity index is 270. The Morgan fingerprint density at radius 1 is 1.38 bits per heavy atom. The Labute approximate surface area is 72.1 Å². The molecule has 0 aliphatic heterocycles. The molecule has 0 spiro atoms. The number of nitrogens with zero attached hydrogens (tertiary/aromatic N) is 2. The smallest absolute Gasteiger partial charge is 0.416 e. The summed E-state index contributed by atoms with van der Waals surface area (Å²) < 4.78 is 40.1. The van der Waals surface area contributed by atoms with Gasteiger partial charge in [0.25, 0.3) is 0 Å². The lowest BCUT2D eigenvalue weighted by Gasteiger charge is -1.97. The Morgan fingerprint density at radius 2 is 2.08 bits per heavy atom. The molecule has 1 heterocycles. The van der Waals surface area contributed by atoms with Gasteiger partial charge in [-0.3, -0.25) is 0 Å². The highest BCUT2D eigenvalue weighted by atomic mass is 19.4. The lowest BCUT2D eigenvalue weighted by atomic mass is 10.6. The first-order valence-electron chi connectivity index (χ1n) is 3.64. The van der Waals surface area contributed by atoms with Gasteiger partial charge < -0.3 is 9.73 Å². The van der Waals surface area contributed by atoms with Crippen molar-refractivity contribution in [1.82, 2.24) is 15.5 Å². The first-order chi connectivity index (χ1) is 6.04. The van der Waals surface area contributed by atoms with Gasteiger partial charge >= 0.3 is 12.1 Å². The molecule has 7 heteroatoms. The van der Waals surface area contributed by atoms with Gasteiger partial charge in [0, 0.05) is 0 Å². The molecule has 0 aliphatic carbocycles. The number of alkyl halides is 3. The van der Waals surface area contributed by atoms with E-state index in [0.717, 1.165) is 0 Å². The fourth-order valence-corrected chi connectivity index (χ4v) is 0.672. The van der Waals surface area contributed by atoms with Crippen LogP contribution in [0.3, 0.4) is 0 Å². The van der Waals surface area contributed by atoms with Crippen molar-refractivity contribution in [2.45, 2.75) is 19.6 Å². The highest BCUT2D eigenvalue weighted by molar-refractivity contribution is 4.85. The van der Waals surface area contributed by atoms with Crippen LogP contribution in [0.5, 0.6) is 0 Å². The van der Waals surface area contributed by atoms with Crippen molar-refractivity contribution in [2.75, 3.05) is 6.54 Å². The molecule has 0 bridgehead atoms. The minimum absolute atomic E-state index is 0.0609. The number of hydrogen-bond donors (Lipinski definition) is 1. The lowest BCUT2D eigenvalue weighted by Crippen LogP contribution is -2.11. The third-order valence-corrected chi connectivity index (χ3v) is 1.24. The molecule has 1 aromatic heterocycles. The van der Waals surface area contributed by atoms with Gasteiger partial charge in [-0.05, 0) is 6.54 Å². The topological polar surface area (TPSA) is 51.0 Å². The van der Waals surface area contributed by atoms with E-state index in [4.69, 9.17) is 0 Å². The molecule has 0 radical (unpaired) electrons. The van der Waals surface area contributed by atoms with E-state index in [9.17, 15) is 13.2 Å². The maximum atomic E-state index is 11.9. The van der Waals surface area contributed by atoms with Gasteiger partial charge in [0.05, 0.1) is 6.54 Å². The predicted molar refractivity (Wildman–Crippen MR) is 36.7 cm³/mol. The number of hydrogen-bond acceptors (Lipinski definition) is 4. The van der Waals surface area contributed by atoms with Crippen LogP contribution in [0.15, 0.2) is 4.42 Å². The van der Waals surface area contributed by atoms with Crippen LogP contribution in [0.1, 0.15) is 18.7 Å². The highest BCUT2D eigenvalue weighted by Crippen LogP contribution is 2.27. The molecule has 1 aromatic rings. The van der Waals surface area contributed by atoms with Gasteiger partial charge in [0.2, 0.25) is 5.89 Å². The minimum Gasteiger partial charge on any atom is -0.416 e. The number of rotatable bonds is 3. The average molecular weight is 195 g/mol.